The van der Waals surface area contributed by atoms with Gasteiger partial charge in [0.15, 0.2) is 0 Å². The number of unbranched alkanes of at least 4 members (excludes halogenated alkanes) is 10. The predicted octanol–water partition coefficient (Wildman–Crippen LogP) is 4.99. The molecule has 0 aliphatic carbocycles. The molecule has 0 spiro atoms. The summed E-state index contributed by atoms with van der Waals surface area (Å²) in [5.74, 6) is 0. The van der Waals surface area contributed by atoms with E-state index in [2.05, 4.69) is 28.1 Å². The highest BCUT2D eigenvalue weighted by Crippen LogP contribution is 2.11. The summed E-state index contributed by atoms with van der Waals surface area (Å²) >= 11 is 0. The van der Waals surface area contributed by atoms with Gasteiger partial charge in [-0.3, -0.25) is 0 Å². The minimum absolute atomic E-state index is 0.456. The standard InChI is InChI=1S/C19H42NO2/c1-5-6-7-8-9-10-11-12-13-14-15-17-21-19-22-18-16-20(2,3)4/h5-19H2,1-4H3/q+1. The van der Waals surface area contributed by atoms with Crippen molar-refractivity contribution < 1.29 is 14.0 Å². The van der Waals surface area contributed by atoms with Crippen LogP contribution in [0.1, 0.15) is 77.6 Å². The van der Waals surface area contributed by atoms with Crippen molar-refractivity contribution in [3.05, 3.63) is 0 Å². The molecule has 0 rings (SSSR count). The van der Waals surface area contributed by atoms with Crippen molar-refractivity contribution in [3.63, 3.8) is 0 Å². The van der Waals surface area contributed by atoms with Crippen LogP contribution >= 0.6 is 0 Å². The van der Waals surface area contributed by atoms with Crippen molar-refractivity contribution in [2.45, 2.75) is 77.6 Å². The molecular weight excluding hydrogens is 274 g/mol. The molecule has 0 aliphatic heterocycles. The van der Waals surface area contributed by atoms with Gasteiger partial charge in [0, 0.05) is 6.61 Å². The van der Waals surface area contributed by atoms with Crippen molar-refractivity contribution in [2.75, 3.05) is 47.7 Å². The molecule has 0 atom stereocenters. The summed E-state index contributed by atoms with van der Waals surface area (Å²) < 4.78 is 11.9. The number of rotatable bonds is 17. The van der Waals surface area contributed by atoms with Crippen LogP contribution in [0.5, 0.6) is 0 Å². The third-order valence-electron chi connectivity index (χ3n) is 3.97. The normalized spacial score (nSPS) is 12.0. The Morgan fingerprint density at radius 3 is 1.55 bits per heavy atom. The largest absolute Gasteiger partial charge is 0.355 e. The Bertz CT molecular complexity index is 214. The Labute approximate surface area is 140 Å². The number of nitrogens with zero attached hydrogens (tertiary/aromatic N) is 1. The molecule has 0 N–H and O–H groups in total. The molecule has 134 valence electrons. The summed E-state index contributed by atoms with van der Waals surface area (Å²) in [6.45, 7) is 5.39. The molecule has 0 aliphatic rings. The lowest BCUT2D eigenvalue weighted by Gasteiger charge is -2.23. The maximum Gasteiger partial charge on any atom is 0.147 e. The molecule has 3 nitrogen and oxygen atoms in total. The first-order valence-electron chi connectivity index (χ1n) is 9.52. The fourth-order valence-electron chi connectivity index (χ4n) is 2.38. The van der Waals surface area contributed by atoms with Crippen LogP contribution in [0.25, 0.3) is 0 Å². The van der Waals surface area contributed by atoms with E-state index in [4.69, 9.17) is 9.47 Å². The van der Waals surface area contributed by atoms with E-state index in [1.54, 1.807) is 0 Å². The van der Waals surface area contributed by atoms with E-state index in [0.29, 0.717) is 6.79 Å². The van der Waals surface area contributed by atoms with Crippen molar-refractivity contribution in [2.24, 2.45) is 0 Å². The van der Waals surface area contributed by atoms with Crippen molar-refractivity contribution in [3.8, 4) is 0 Å². The monoisotopic (exact) mass is 316 g/mol. The zero-order valence-electron chi connectivity index (χ0n) is 15.9. The van der Waals surface area contributed by atoms with Gasteiger partial charge < -0.3 is 14.0 Å². The van der Waals surface area contributed by atoms with Crippen LogP contribution in [-0.2, 0) is 9.47 Å². The van der Waals surface area contributed by atoms with Gasteiger partial charge in [0.25, 0.3) is 0 Å². The van der Waals surface area contributed by atoms with Gasteiger partial charge in [-0.25, -0.2) is 0 Å². The minimum Gasteiger partial charge on any atom is -0.355 e. The Hall–Kier alpha value is -0.120. The summed E-state index contributed by atoms with van der Waals surface area (Å²) in [5.41, 5.74) is 0. The molecule has 0 fully saturated rings. The molecular formula is C19H42NO2+. The fourth-order valence-corrected chi connectivity index (χ4v) is 2.38. The molecule has 22 heavy (non-hydrogen) atoms. The van der Waals surface area contributed by atoms with Gasteiger partial charge in [0.05, 0.1) is 27.7 Å². The van der Waals surface area contributed by atoms with Gasteiger partial charge in [-0.15, -0.1) is 0 Å². The number of hydrogen-bond acceptors (Lipinski definition) is 2. The van der Waals surface area contributed by atoms with Crippen LogP contribution < -0.4 is 0 Å². The van der Waals surface area contributed by atoms with Crippen LogP contribution in [-0.4, -0.2) is 52.2 Å². The van der Waals surface area contributed by atoms with E-state index in [-0.39, 0.29) is 0 Å². The first-order valence-corrected chi connectivity index (χ1v) is 9.52. The van der Waals surface area contributed by atoms with Gasteiger partial charge in [0.1, 0.15) is 13.3 Å². The minimum atomic E-state index is 0.456. The summed E-state index contributed by atoms with van der Waals surface area (Å²) in [5, 5.41) is 0. The summed E-state index contributed by atoms with van der Waals surface area (Å²) in [6.07, 6.45) is 15.2. The zero-order chi connectivity index (χ0) is 16.5. The van der Waals surface area contributed by atoms with E-state index < -0.39 is 0 Å². The fraction of sp³-hybridized carbons (Fsp3) is 1.00. The Kier molecular flexibility index (Phi) is 15.7. The maximum absolute atomic E-state index is 5.50. The first-order chi connectivity index (χ1) is 10.6. The summed E-state index contributed by atoms with van der Waals surface area (Å²) in [6, 6.07) is 0. The van der Waals surface area contributed by atoms with Crippen LogP contribution in [0.3, 0.4) is 0 Å². The van der Waals surface area contributed by atoms with Crippen molar-refractivity contribution >= 4 is 0 Å². The van der Waals surface area contributed by atoms with Crippen LogP contribution in [0, 0.1) is 0 Å². The molecule has 0 heterocycles. The highest BCUT2D eigenvalue weighted by atomic mass is 16.7. The third kappa shape index (κ3) is 19.9. The second kappa shape index (κ2) is 15.8. The van der Waals surface area contributed by atoms with Gasteiger partial charge in [-0.05, 0) is 6.42 Å². The van der Waals surface area contributed by atoms with Gasteiger partial charge in [0.2, 0.25) is 0 Å². The third-order valence-corrected chi connectivity index (χ3v) is 3.97. The van der Waals surface area contributed by atoms with E-state index in [1.165, 1.54) is 70.6 Å². The highest BCUT2D eigenvalue weighted by molar-refractivity contribution is 4.47. The predicted molar refractivity (Wildman–Crippen MR) is 96.1 cm³/mol. The second-order valence-corrected chi connectivity index (χ2v) is 7.48. The van der Waals surface area contributed by atoms with Gasteiger partial charge in [-0.1, -0.05) is 71.1 Å². The molecule has 0 aromatic heterocycles. The molecule has 0 aromatic carbocycles. The van der Waals surface area contributed by atoms with E-state index in [0.717, 1.165) is 24.2 Å². The van der Waals surface area contributed by atoms with Crippen molar-refractivity contribution in [1.29, 1.82) is 0 Å². The Morgan fingerprint density at radius 1 is 0.591 bits per heavy atom. The molecule has 3 heteroatoms. The summed E-state index contributed by atoms with van der Waals surface area (Å²) in [4.78, 5) is 0. The van der Waals surface area contributed by atoms with E-state index in [9.17, 15) is 0 Å². The lowest BCUT2D eigenvalue weighted by atomic mass is 10.1. The van der Waals surface area contributed by atoms with Crippen LogP contribution in [0.2, 0.25) is 0 Å². The number of quaternary nitrogens is 1. The Morgan fingerprint density at radius 2 is 1.05 bits per heavy atom. The molecule has 0 aromatic rings. The van der Waals surface area contributed by atoms with E-state index >= 15 is 0 Å². The summed E-state index contributed by atoms with van der Waals surface area (Å²) in [7, 11) is 6.53. The quantitative estimate of drug-likeness (QED) is 0.214. The molecule has 0 unspecified atom stereocenters. The topological polar surface area (TPSA) is 18.5 Å². The smallest absolute Gasteiger partial charge is 0.147 e. The van der Waals surface area contributed by atoms with Gasteiger partial charge in [-0.2, -0.15) is 0 Å². The lowest BCUT2D eigenvalue weighted by Crippen LogP contribution is -2.37. The van der Waals surface area contributed by atoms with Crippen molar-refractivity contribution in [1.82, 2.24) is 0 Å². The molecule has 0 bridgehead atoms. The van der Waals surface area contributed by atoms with Crippen LogP contribution in [0.4, 0.5) is 0 Å². The molecule has 0 saturated carbocycles. The number of likely N-dealkylation sites (N-methyl/N-ethyl adjacent to an activating group) is 1. The van der Waals surface area contributed by atoms with E-state index in [1.807, 2.05) is 0 Å². The van der Waals surface area contributed by atoms with Crippen LogP contribution in [0.15, 0.2) is 0 Å². The average Bonchev–Trinajstić information content (AvgIpc) is 2.45. The SMILES string of the molecule is CCCCCCCCCCCCCOCOCC[N+](C)(C)C. The maximum atomic E-state index is 5.50. The lowest BCUT2D eigenvalue weighted by molar-refractivity contribution is -0.870. The van der Waals surface area contributed by atoms with Gasteiger partial charge >= 0.3 is 0 Å². The average molecular weight is 317 g/mol. The Balaban J connectivity index is 3.00. The second-order valence-electron chi connectivity index (χ2n) is 7.48. The highest BCUT2D eigenvalue weighted by Gasteiger charge is 2.05. The zero-order valence-corrected chi connectivity index (χ0v) is 15.9. The first kappa shape index (κ1) is 21.9. The molecule has 0 radical (unpaired) electrons. The number of ether oxygens (including phenoxy) is 2. The molecule has 0 amide bonds. The number of hydrogen-bond donors (Lipinski definition) is 0. The molecule has 0 saturated heterocycles.